The molecule has 1 aliphatic heterocycles. The normalized spacial score (nSPS) is 12.3. The van der Waals surface area contributed by atoms with Gasteiger partial charge < -0.3 is 9.64 Å². The van der Waals surface area contributed by atoms with Crippen LogP contribution in [0.25, 0.3) is 10.8 Å². The van der Waals surface area contributed by atoms with Gasteiger partial charge in [-0.3, -0.25) is 24.1 Å². The maximum Gasteiger partial charge on any atom is 0.261 e. The van der Waals surface area contributed by atoms with Crippen LogP contribution >= 0.6 is 0 Å². The molecule has 212 valence electrons. The monoisotopic (exact) mass is 568 g/mol. The van der Waals surface area contributed by atoms with E-state index < -0.39 is 11.8 Å². The first-order valence-electron chi connectivity index (χ1n) is 14.1. The van der Waals surface area contributed by atoms with Gasteiger partial charge in [0.1, 0.15) is 5.75 Å². The molecule has 0 spiro atoms. The number of nitrogens with zero attached hydrogens (tertiary/aromatic N) is 2. The lowest BCUT2D eigenvalue weighted by Gasteiger charge is -2.30. The van der Waals surface area contributed by atoms with Crippen LogP contribution in [0.15, 0.2) is 115 Å². The first-order valence-corrected chi connectivity index (χ1v) is 14.1. The van der Waals surface area contributed by atoms with Crippen LogP contribution in [0.2, 0.25) is 0 Å². The van der Waals surface area contributed by atoms with E-state index in [0.717, 1.165) is 5.39 Å². The zero-order valence-corrected chi connectivity index (χ0v) is 23.5. The second-order valence-electron chi connectivity index (χ2n) is 10.1. The molecule has 5 aromatic rings. The third-order valence-corrected chi connectivity index (χ3v) is 7.52. The van der Waals surface area contributed by atoms with Crippen molar-refractivity contribution in [1.82, 2.24) is 4.90 Å². The van der Waals surface area contributed by atoms with Gasteiger partial charge in [0.25, 0.3) is 17.7 Å². The fourth-order valence-electron chi connectivity index (χ4n) is 5.42. The number of ketones is 1. The van der Waals surface area contributed by atoms with E-state index in [1.165, 1.54) is 9.80 Å². The van der Waals surface area contributed by atoms with Gasteiger partial charge in [-0.15, -0.1) is 0 Å². The Hall–Kier alpha value is -5.56. The molecule has 1 aliphatic rings. The molecule has 3 amide bonds. The van der Waals surface area contributed by atoms with Crippen molar-refractivity contribution in [2.45, 2.75) is 6.92 Å². The van der Waals surface area contributed by atoms with Crippen molar-refractivity contribution in [3.8, 4) is 5.75 Å². The Labute approximate surface area is 248 Å². The number of benzene rings is 5. The first-order chi connectivity index (χ1) is 21.0. The minimum Gasteiger partial charge on any atom is -0.494 e. The van der Waals surface area contributed by atoms with Gasteiger partial charge in [-0.05, 0) is 48.7 Å². The summed E-state index contributed by atoms with van der Waals surface area (Å²) in [6.45, 7) is 2.36. The second-order valence-corrected chi connectivity index (χ2v) is 10.1. The molecule has 0 aliphatic carbocycles. The van der Waals surface area contributed by atoms with Crippen LogP contribution < -0.4 is 9.64 Å². The van der Waals surface area contributed by atoms with E-state index in [2.05, 4.69) is 0 Å². The van der Waals surface area contributed by atoms with Crippen LogP contribution in [0, 0.1) is 0 Å². The molecule has 7 nitrogen and oxygen atoms in total. The number of amides is 3. The maximum absolute atomic E-state index is 14.0. The predicted molar refractivity (Wildman–Crippen MR) is 165 cm³/mol. The lowest BCUT2D eigenvalue weighted by molar-refractivity contribution is 0.0611. The van der Waals surface area contributed by atoms with Crippen LogP contribution in [0.1, 0.15) is 53.9 Å². The summed E-state index contributed by atoms with van der Waals surface area (Å²) in [6, 6.07) is 33.4. The molecule has 43 heavy (non-hydrogen) atoms. The number of hydrogen-bond donors (Lipinski definition) is 0. The van der Waals surface area contributed by atoms with Crippen LogP contribution in [0.4, 0.5) is 5.69 Å². The minimum atomic E-state index is -0.395. The standard InChI is InChI=1S/C36H28N2O5/c1-2-43-29-14-8-13-28(23-29)37(34(40)27-19-17-26(18-20-27)33(39)25-9-4-3-5-10-25)21-22-38-35(41)30-15-6-11-24-12-7-16-31(32(24)30)36(38)42/h3-20,23H,2,21-22H2,1H3. The van der Waals surface area contributed by atoms with E-state index in [-0.39, 0.29) is 24.8 Å². The SMILES string of the molecule is CCOc1cccc(N(CCN2C(=O)c3cccc4cccc(c34)C2=O)C(=O)c2ccc(C(=O)c3ccccc3)cc2)c1. The summed E-state index contributed by atoms with van der Waals surface area (Å²) in [4.78, 5) is 56.6. The molecule has 1 heterocycles. The Kier molecular flexibility index (Phi) is 7.54. The van der Waals surface area contributed by atoms with Crippen LogP contribution in [-0.2, 0) is 0 Å². The summed E-state index contributed by atoms with van der Waals surface area (Å²) < 4.78 is 5.67. The molecule has 0 radical (unpaired) electrons. The summed E-state index contributed by atoms with van der Waals surface area (Å²) >= 11 is 0. The number of carbonyl (C=O) groups is 4. The molecule has 7 heteroatoms. The van der Waals surface area contributed by atoms with Gasteiger partial charge in [0, 0.05) is 58.0 Å². The van der Waals surface area contributed by atoms with Crippen molar-refractivity contribution < 1.29 is 23.9 Å². The zero-order chi connectivity index (χ0) is 29.9. The highest BCUT2D eigenvalue weighted by Gasteiger charge is 2.33. The Morgan fingerprint density at radius 1 is 0.698 bits per heavy atom. The van der Waals surface area contributed by atoms with Gasteiger partial charge in [-0.2, -0.15) is 0 Å². The highest BCUT2D eigenvalue weighted by molar-refractivity contribution is 6.25. The second kappa shape index (κ2) is 11.7. The van der Waals surface area contributed by atoms with Crippen LogP contribution in [-0.4, -0.2) is 48.1 Å². The predicted octanol–water partition coefficient (Wildman–Crippen LogP) is 6.41. The number of imide groups is 1. The van der Waals surface area contributed by atoms with Gasteiger partial charge in [-0.1, -0.05) is 72.8 Å². The fourth-order valence-corrected chi connectivity index (χ4v) is 5.42. The highest BCUT2D eigenvalue weighted by atomic mass is 16.5. The quantitative estimate of drug-likeness (QED) is 0.152. The van der Waals surface area contributed by atoms with E-state index in [1.807, 2.05) is 25.1 Å². The number of carbonyl (C=O) groups excluding carboxylic acids is 4. The molecule has 0 saturated carbocycles. The zero-order valence-electron chi connectivity index (χ0n) is 23.5. The highest BCUT2D eigenvalue weighted by Crippen LogP contribution is 2.30. The lowest BCUT2D eigenvalue weighted by atomic mass is 9.94. The number of hydrogen-bond acceptors (Lipinski definition) is 5. The Morgan fingerprint density at radius 2 is 1.30 bits per heavy atom. The summed E-state index contributed by atoms with van der Waals surface area (Å²) in [7, 11) is 0. The van der Waals surface area contributed by atoms with Crippen molar-refractivity contribution in [3.63, 3.8) is 0 Å². The van der Waals surface area contributed by atoms with E-state index >= 15 is 0 Å². The molecule has 0 fully saturated rings. The van der Waals surface area contributed by atoms with Gasteiger partial charge in [0.15, 0.2) is 5.78 Å². The first kappa shape index (κ1) is 27.6. The average Bonchev–Trinajstić information content (AvgIpc) is 3.05. The van der Waals surface area contributed by atoms with E-state index in [4.69, 9.17) is 4.74 Å². The van der Waals surface area contributed by atoms with Gasteiger partial charge in [0.05, 0.1) is 6.61 Å². The largest absolute Gasteiger partial charge is 0.494 e. The Morgan fingerprint density at radius 3 is 1.95 bits per heavy atom. The lowest BCUT2D eigenvalue weighted by Crippen LogP contribution is -2.46. The summed E-state index contributed by atoms with van der Waals surface area (Å²) in [5.74, 6) is -0.681. The van der Waals surface area contributed by atoms with Gasteiger partial charge in [0.2, 0.25) is 0 Å². The topological polar surface area (TPSA) is 84.0 Å². The molecule has 6 rings (SSSR count). The average molecular weight is 569 g/mol. The summed E-state index contributed by atoms with van der Waals surface area (Å²) in [6.07, 6.45) is 0. The van der Waals surface area contributed by atoms with Crippen molar-refractivity contribution in [2.75, 3.05) is 24.6 Å². The molecule has 0 bridgehead atoms. The number of anilines is 1. The minimum absolute atomic E-state index is 0.0163. The van der Waals surface area contributed by atoms with Crippen LogP contribution in [0.5, 0.6) is 5.75 Å². The molecule has 0 saturated heterocycles. The molecular formula is C36H28N2O5. The molecule has 0 N–H and O–H groups in total. The van der Waals surface area contributed by atoms with E-state index in [0.29, 0.717) is 51.2 Å². The third-order valence-electron chi connectivity index (χ3n) is 7.52. The summed E-state index contributed by atoms with van der Waals surface area (Å²) in [5.41, 5.74) is 2.86. The molecular weight excluding hydrogens is 540 g/mol. The molecule has 0 unspecified atom stereocenters. The third kappa shape index (κ3) is 5.28. The fraction of sp³-hybridized carbons (Fsp3) is 0.111. The number of rotatable bonds is 9. The summed E-state index contributed by atoms with van der Waals surface area (Å²) in [5, 5.41) is 1.48. The van der Waals surface area contributed by atoms with Crippen LogP contribution in [0.3, 0.4) is 0 Å². The van der Waals surface area contributed by atoms with Crippen molar-refractivity contribution in [3.05, 3.63) is 143 Å². The maximum atomic E-state index is 14.0. The van der Waals surface area contributed by atoms with Crippen molar-refractivity contribution in [2.24, 2.45) is 0 Å². The number of ether oxygens (including phenoxy) is 1. The molecule has 0 atom stereocenters. The Bertz CT molecular complexity index is 1810. The Balaban J connectivity index is 1.29. The molecule has 0 aromatic heterocycles. The van der Waals surface area contributed by atoms with Crippen molar-refractivity contribution >= 4 is 40.0 Å². The molecule has 5 aromatic carbocycles. The van der Waals surface area contributed by atoms with Gasteiger partial charge in [-0.25, -0.2) is 0 Å². The van der Waals surface area contributed by atoms with E-state index in [9.17, 15) is 19.2 Å². The van der Waals surface area contributed by atoms with Gasteiger partial charge >= 0.3 is 0 Å². The van der Waals surface area contributed by atoms with Crippen molar-refractivity contribution in [1.29, 1.82) is 0 Å². The van der Waals surface area contributed by atoms with E-state index in [1.54, 1.807) is 97.1 Å². The smallest absolute Gasteiger partial charge is 0.261 e.